The number of nitrogens with one attached hydrogen (secondary N) is 2. The number of aliphatic hydroxyl groups is 1. The molecule has 1 aromatic carbocycles. The second-order valence-electron chi connectivity index (χ2n) is 3.94. The van der Waals surface area contributed by atoms with E-state index in [-0.39, 0.29) is 18.8 Å². The van der Waals surface area contributed by atoms with Crippen LogP contribution in [0.1, 0.15) is 6.42 Å². The lowest BCUT2D eigenvalue weighted by Crippen LogP contribution is -2.32. The van der Waals surface area contributed by atoms with Crippen molar-refractivity contribution in [3.05, 3.63) is 29.8 Å². The van der Waals surface area contributed by atoms with Gasteiger partial charge in [0.15, 0.2) is 0 Å². The van der Waals surface area contributed by atoms with E-state index in [2.05, 4.69) is 10.6 Å². The highest BCUT2D eigenvalue weighted by Gasteiger charge is 2.07. The molecule has 0 saturated heterocycles. The van der Waals surface area contributed by atoms with Crippen LogP contribution in [0, 0.1) is 11.6 Å². The highest BCUT2D eigenvalue weighted by molar-refractivity contribution is 5.89. The molecule has 0 saturated carbocycles. The first-order valence-electron chi connectivity index (χ1n) is 5.69. The summed E-state index contributed by atoms with van der Waals surface area (Å²) in [6.45, 7) is 0.395. The molecule has 5 nitrogen and oxygen atoms in total. The van der Waals surface area contributed by atoms with Gasteiger partial charge in [-0.05, 0) is 18.6 Å². The van der Waals surface area contributed by atoms with Crippen molar-refractivity contribution in [2.75, 3.05) is 25.6 Å². The summed E-state index contributed by atoms with van der Waals surface area (Å²) in [5, 5.41) is 14.1. The third-order valence-electron chi connectivity index (χ3n) is 2.24. The molecule has 1 rings (SSSR count). The number of hydrogen-bond donors (Lipinski definition) is 3. The van der Waals surface area contributed by atoms with Gasteiger partial charge in [0.2, 0.25) is 0 Å². The molecule has 1 atom stereocenters. The molecule has 0 heterocycles. The van der Waals surface area contributed by atoms with Crippen LogP contribution < -0.4 is 10.6 Å². The molecule has 3 N–H and O–H groups in total. The first kappa shape index (κ1) is 15.3. The first-order valence-corrected chi connectivity index (χ1v) is 5.69. The van der Waals surface area contributed by atoms with Crippen molar-refractivity contribution in [1.82, 2.24) is 5.32 Å². The van der Waals surface area contributed by atoms with Crippen LogP contribution in [-0.4, -0.2) is 37.5 Å². The minimum atomic E-state index is -0.772. The topological polar surface area (TPSA) is 70.6 Å². The Morgan fingerprint density at radius 2 is 2.00 bits per heavy atom. The van der Waals surface area contributed by atoms with Gasteiger partial charge in [-0.15, -0.1) is 0 Å². The summed E-state index contributed by atoms with van der Waals surface area (Å²) >= 11 is 0. The number of rotatable bonds is 6. The molecular weight excluding hydrogens is 258 g/mol. The van der Waals surface area contributed by atoms with Gasteiger partial charge in [-0.1, -0.05) is 0 Å². The Bertz CT molecular complexity index is 409. The van der Waals surface area contributed by atoms with Gasteiger partial charge in [0.25, 0.3) is 0 Å². The van der Waals surface area contributed by atoms with Gasteiger partial charge in [-0.25, -0.2) is 13.6 Å². The number of halogens is 2. The molecule has 0 aliphatic heterocycles. The van der Waals surface area contributed by atoms with E-state index in [4.69, 9.17) is 4.74 Å². The lowest BCUT2D eigenvalue weighted by molar-refractivity contribution is 0.0599. The molecule has 0 radical (unpaired) electrons. The van der Waals surface area contributed by atoms with Gasteiger partial charge in [-0.2, -0.15) is 0 Å². The number of methoxy groups -OCH3 is 1. The maximum absolute atomic E-state index is 12.9. The van der Waals surface area contributed by atoms with E-state index in [0.717, 1.165) is 12.1 Å². The number of urea groups is 1. The molecule has 1 aromatic rings. The van der Waals surface area contributed by atoms with E-state index in [1.54, 1.807) is 0 Å². The van der Waals surface area contributed by atoms with Crippen molar-refractivity contribution in [2.24, 2.45) is 0 Å². The fourth-order valence-electron chi connectivity index (χ4n) is 1.43. The van der Waals surface area contributed by atoms with Crippen LogP contribution >= 0.6 is 0 Å². The average molecular weight is 274 g/mol. The predicted molar refractivity (Wildman–Crippen MR) is 65.9 cm³/mol. The number of anilines is 1. The van der Waals surface area contributed by atoms with Crippen LogP contribution in [0.25, 0.3) is 0 Å². The Morgan fingerprint density at radius 3 is 2.58 bits per heavy atom. The van der Waals surface area contributed by atoms with Crippen LogP contribution in [-0.2, 0) is 4.74 Å². The Morgan fingerprint density at radius 1 is 1.37 bits per heavy atom. The van der Waals surface area contributed by atoms with Crippen LogP contribution in [0.5, 0.6) is 0 Å². The molecule has 0 aliphatic carbocycles. The Labute approximate surface area is 109 Å². The lowest BCUT2D eigenvalue weighted by Gasteiger charge is -2.11. The van der Waals surface area contributed by atoms with Crippen LogP contribution in [0.2, 0.25) is 0 Å². The third kappa shape index (κ3) is 6.12. The van der Waals surface area contributed by atoms with Crippen LogP contribution in [0.3, 0.4) is 0 Å². The largest absolute Gasteiger partial charge is 0.391 e. The maximum Gasteiger partial charge on any atom is 0.319 e. The summed E-state index contributed by atoms with van der Waals surface area (Å²) in [7, 11) is 1.46. The van der Waals surface area contributed by atoms with E-state index < -0.39 is 23.8 Å². The highest BCUT2D eigenvalue weighted by Crippen LogP contribution is 2.12. The zero-order chi connectivity index (χ0) is 14.3. The molecule has 2 amide bonds. The zero-order valence-electron chi connectivity index (χ0n) is 10.5. The molecule has 0 spiro atoms. The van der Waals surface area contributed by atoms with Crippen molar-refractivity contribution in [3.8, 4) is 0 Å². The summed E-state index contributed by atoms with van der Waals surface area (Å²) in [5.74, 6) is -1.54. The van der Waals surface area contributed by atoms with Crippen molar-refractivity contribution in [1.29, 1.82) is 0 Å². The quantitative estimate of drug-likeness (QED) is 0.736. The van der Waals surface area contributed by atoms with E-state index in [9.17, 15) is 18.7 Å². The summed E-state index contributed by atoms with van der Waals surface area (Å²) < 4.78 is 30.4. The SMILES string of the molecule is COCC(O)CCNC(=O)Nc1cc(F)cc(F)c1. The highest BCUT2D eigenvalue weighted by atomic mass is 19.1. The minimum absolute atomic E-state index is 0.0208. The van der Waals surface area contributed by atoms with E-state index in [0.29, 0.717) is 12.5 Å². The number of carbonyl (C=O) groups excluding carboxylic acids is 1. The zero-order valence-corrected chi connectivity index (χ0v) is 10.5. The fraction of sp³-hybridized carbons (Fsp3) is 0.417. The molecule has 0 aromatic heterocycles. The summed E-state index contributed by atoms with van der Waals surface area (Å²) in [4.78, 5) is 11.4. The third-order valence-corrected chi connectivity index (χ3v) is 2.24. The van der Waals surface area contributed by atoms with Gasteiger partial charge in [0.05, 0.1) is 12.7 Å². The Kier molecular flexibility index (Phi) is 6.17. The summed E-state index contributed by atoms with van der Waals surface area (Å²) in [6, 6.07) is 2.12. The van der Waals surface area contributed by atoms with Crippen molar-refractivity contribution < 1.29 is 23.4 Å². The maximum atomic E-state index is 12.9. The molecule has 19 heavy (non-hydrogen) atoms. The first-order chi connectivity index (χ1) is 9.01. The normalized spacial score (nSPS) is 12.0. The number of ether oxygens (including phenoxy) is 1. The minimum Gasteiger partial charge on any atom is -0.391 e. The van der Waals surface area contributed by atoms with E-state index in [1.165, 1.54) is 7.11 Å². The second-order valence-corrected chi connectivity index (χ2v) is 3.94. The molecular formula is C12H16F2N2O3. The predicted octanol–water partition coefficient (Wildman–Crippen LogP) is 1.48. The Balaban J connectivity index is 2.35. The number of amides is 2. The standard InChI is InChI=1S/C12H16F2N2O3/c1-19-7-11(17)2-3-15-12(18)16-10-5-8(13)4-9(14)6-10/h4-6,11,17H,2-3,7H2,1H3,(H2,15,16,18). The van der Waals surface area contributed by atoms with E-state index >= 15 is 0 Å². The monoisotopic (exact) mass is 274 g/mol. The van der Waals surface area contributed by atoms with Crippen molar-refractivity contribution in [2.45, 2.75) is 12.5 Å². The summed E-state index contributed by atoms with van der Waals surface area (Å²) in [5.41, 5.74) is 0.0208. The second kappa shape index (κ2) is 7.65. The van der Waals surface area contributed by atoms with Gasteiger partial charge >= 0.3 is 6.03 Å². The van der Waals surface area contributed by atoms with Crippen molar-refractivity contribution >= 4 is 11.7 Å². The van der Waals surface area contributed by atoms with E-state index in [1.807, 2.05) is 0 Å². The lowest BCUT2D eigenvalue weighted by atomic mass is 10.2. The molecule has 1 unspecified atom stereocenters. The number of hydrogen-bond acceptors (Lipinski definition) is 3. The van der Waals surface area contributed by atoms with Crippen LogP contribution in [0.4, 0.5) is 19.3 Å². The molecule has 0 fully saturated rings. The van der Waals surface area contributed by atoms with Gasteiger partial charge in [0.1, 0.15) is 11.6 Å². The molecule has 106 valence electrons. The Hall–Kier alpha value is -1.73. The van der Waals surface area contributed by atoms with Gasteiger partial charge < -0.3 is 20.5 Å². The number of benzene rings is 1. The molecule has 0 aliphatic rings. The summed E-state index contributed by atoms with van der Waals surface area (Å²) in [6.07, 6.45) is -0.351. The van der Waals surface area contributed by atoms with Crippen LogP contribution in [0.15, 0.2) is 18.2 Å². The molecule has 7 heteroatoms. The number of carbonyl (C=O) groups is 1. The van der Waals surface area contributed by atoms with Crippen molar-refractivity contribution in [3.63, 3.8) is 0 Å². The van der Waals surface area contributed by atoms with Gasteiger partial charge in [0, 0.05) is 25.4 Å². The molecule has 0 bridgehead atoms. The van der Waals surface area contributed by atoms with Gasteiger partial charge in [-0.3, -0.25) is 0 Å². The number of aliphatic hydroxyl groups excluding tert-OH is 1. The smallest absolute Gasteiger partial charge is 0.319 e. The average Bonchev–Trinajstić information content (AvgIpc) is 2.27. The fourth-order valence-corrected chi connectivity index (χ4v) is 1.43.